The average Bonchev–Trinajstić information content (AvgIpc) is 3.60. The minimum absolute atomic E-state index is 0.00466. The third-order valence-electron chi connectivity index (χ3n) is 8.98. The number of sulfonamides is 1. The number of carbonyl (C=O) groups is 1. The van der Waals surface area contributed by atoms with Gasteiger partial charge in [-0.2, -0.15) is 17.5 Å². The molecular formula is C35H34ClF4N5O3S. The average molecular weight is 716 g/mol. The van der Waals surface area contributed by atoms with E-state index in [0.29, 0.717) is 72.6 Å². The SMILES string of the molecule is Cc1ccc(S(=O)(=O)N2CCC[C@H]2C(=O)CCc2cc(-c3ccc(C(F)(F)F)cc3)nc(N3CCN(c4ccccc4F)CC3)n2)cc1Cl. The van der Waals surface area contributed by atoms with Crippen LogP contribution in [0.1, 0.15) is 36.1 Å². The number of piperazine rings is 1. The fraction of sp³-hybridized carbons (Fsp3) is 0.343. The lowest BCUT2D eigenvalue weighted by Gasteiger charge is -2.36. The fourth-order valence-corrected chi connectivity index (χ4v) is 8.17. The highest BCUT2D eigenvalue weighted by molar-refractivity contribution is 7.89. The van der Waals surface area contributed by atoms with Gasteiger partial charge in [0, 0.05) is 55.4 Å². The third-order valence-corrected chi connectivity index (χ3v) is 11.3. The number of rotatable bonds is 9. The van der Waals surface area contributed by atoms with Crippen LogP contribution >= 0.6 is 11.6 Å². The maximum Gasteiger partial charge on any atom is 0.416 e. The van der Waals surface area contributed by atoms with E-state index >= 15 is 0 Å². The number of aryl methyl sites for hydroxylation is 2. The predicted molar refractivity (Wildman–Crippen MR) is 180 cm³/mol. The van der Waals surface area contributed by atoms with E-state index in [1.54, 1.807) is 37.3 Å². The molecule has 1 aromatic heterocycles. The first-order chi connectivity index (χ1) is 23.3. The summed E-state index contributed by atoms with van der Waals surface area (Å²) in [5.41, 5.74) is 1.76. The summed E-state index contributed by atoms with van der Waals surface area (Å²) in [6.07, 6.45) is -3.42. The van der Waals surface area contributed by atoms with Gasteiger partial charge < -0.3 is 9.80 Å². The number of alkyl halides is 3. The van der Waals surface area contributed by atoms with Crippen molar-refractivity contribution < 1.29 is 30.8 Å². The molecule has 2 fully saturated rings. The van der Waals surface area contributed by atoms with E-state index in [-0.39, 0.29) is 35.9 Å². The molecule has 8 nitrogen and oxygen atoms in total. The van der Waals surface area contributed by atoms with Crippen LogP contribution < -0.4 is 9.80 Å². The van der Waals surface area contributed by atoms with Crippen molar-refractivity contribution in [2.75, 3.05) is 42.5 Å². The third kappa shape index (κ3) is 7.58. The molecule has 3 aromatic carbocycles. The number of Topliss-reactive ketones (excluding diaryl/α,β-unsaturated/α-hetero) is 1. The maximum absolute atomic E-state index is 14.4. The number of carbonyl (C=O) groups excluding carboxylic acids is 1. The van der Waals surface area contributed by atoms with Gasteiger partial charge in [0.15, 0.2) is 5.78 Å². The number of ketones is 1. The number of para-hydroxylation sites is 1. The molecule has 0 N–H and O–H groups in total. The van der Waals surface area contributed by atoms with E-state index in [4.69, 9.17) is 16.6 Å². The molecule has 0 saturated carbocycles. The number of halogens is 5. The van der Waals surface area contributed by atoms with Crippen molar-refractivity contribution in [1.29, 1.82) is 0 Å². The highest BCUT2D eigenvalue weighted by atomic mass is 35.5. The first-order valence-corrected chi connectivity index (χ1v) is 17.7. The van der Waals surface area contributed by atoms with Crippen LogP contribution in [0, 0.1) is 12.7 Å². The van der Waals surface area contributed by atoms with Crippen molar-refractivity contribution in [1.82, 2.24) is 14.3 Å². The Morgan fingerprint density at radius 3 is 2.29 bits per heavy atom. The van der Waals surface area contributed by atoms with Gasteiger partial charge in [-0.1, -0.05) is 41.9 Å². The topological polar surface area (TPSA) is 86.7 Å². The van der Waals surface area contributed by atoms with Gasteiger partial charge in [-0.15, -0.1) is 0 Å². The monoisotopic (exact) mass is 715 g/mol. The lowest BCUT2D eigenvalue weighted by atomic mass is 10.0. The van der Waals surface area contributed by atoms with Crippen LogP contribution in [-0.4, -0.2) is 67.2 Å². The van der Waals surface area contributed by atoms with Crippen LogP contribution in [0.5, 0.6) is 0 Å². The molecule has 0 unspecified atom stereocenters. The summed E-state index contributed by atoms with van der Waals surface area (Å²) >= 11 is 6.21. The molecule has 6 rings (SSSR count). The van der Waals surface area contributed by atoms with Crippen molar-refractivity contribution in [3.8, 4) is 11.3 Å². The van der Waals surface area contributed by atoms with Crippen molar-refractivity contribution in [2.24, 2.45) is 0 Å². The summed E-state index contributed by atoms with van der Waals surface area (Å²) < 4.78 is 82.5. The summed E-state index contributed by atoms with van der Waals surface area (Å²) in [5, 5.41) is 0.320. The highest BCUT2D eigenvalue weighted by Gasteiger charge is 2.39. The molecule has 2 saturated heterocycles. The maximum atomic E-state index is 14.4. The zero-order chi connectivity index (χ0) is 34.9. The van der Waals surface area contributed by atoms with Gasteiger partial charge in [0.2, 0.25) is 16.0 Å². The van der Waals surface area contributed by atoms with Crippen LogP contribution in [0.4, 0.5) is 29.2 Å². The Morgan fingerprint density at radius 2 is 1.61 bits per heavy atom. The minimum atomic E-state index is -4.49. The second-order valence-corrected chi connectivity index (χ2v) is 14.5. The van der Waals surface area contributed by atoms with E-state index in [1.807, 2.05) is 9.80 Å². The Kier molecular flexibility index (Phi) is 9.97. The van der Waals surface area contributed by atoms with Crippen LogP contribution in [0.15, 0.2) is 77.7 Å². The van der Waals surface area contributed by atoms with Crippen LogP contribution in [0.2, 0.25) is 5.02 Å². The Balaban J connectivity index is 1.23. The Morgan fingerprint density at radius 1 is 0.918 bits per heavy atom. The lowest BCUT2D eigenvalue weighted by molar-refractivity contribution is -0.137. The quantitative estimate of drug-likeness (QED) is 0.174. The Hall–Kier alpha value is -4.07. The molecule has 0 aliphatic carbocycles. The zero-order valence-corrected chi connectivity index (χ0v) is 28.2. The molecular weight excluding hydrogens is 682 g/mol. The molecule has 3 heterocycles. The van der Waals surface area contributed by atoms with Crippen LogP contribution in [-0.2, 0) is 27.4 Å². The number of hydrogen-bond acceptors (Lipinski definition) is 7. The Labute approximate surface area is 287 Å². The number of benzene rings is 3. The summed E-state index contributed by atoms with van der Waals surface area (Å²) in [5.74, 6) is -0.233. The molecule has 4 aromatic rings. The number of anilines is 2. The summed E-state index contributed by atoms with van der Waals surface area (Å²) in [6.45, 7) is 3.87. The minimum Gasteiger partial charge on any atom is -0.366 e. The van der Waals surface area contributed by atoms with Crippen LogP contribution in [0.25, 0.3) is 11.3 Å². The molecule has 14 heteroatoms. The molecule has 0 bridgehead atoms. The largest absolute Gasteiger partial charge is 0.416 e. The molecule has 1 atom stereocenters. The van der Waals surface area contributed by atoms with Gasteiger partial charge in [0.25, 0.3) is 0 Å². The second-order valence-electron chi connectivity index (χ2n) is 12.2. The number of hydrogen-bond donors (Lipinski definition) is 0. The standard InChI is InChI=1S/C35H34ClF4N5O3S/c1-23-8-14-27(22-28(23)36)49(47,48)45-16-4-7-32(45)33(46)15-13-26-21-30(24-9-11-25(12-10-24)35(38,39)40)42-34(41-26)44-19-17-43(18-20-44)31-6-3-2-5-29(31)37/h2-3,5-6,8-12,14,21-22,32H,4,7,13,15-20H2,1H3/t32-/m0/s1. The van der Waals surface area contributed by atoms with Crippen molar-refractivity contribution in [2.45, 2.75) is 49.7 Å². The molecule has 2 aliphatic heterocycles. The predicted octanol–water partition coefficient (Wildman–Crippen LogP) is 6.94. The van der Waals surface area contributed by atoms with Gasteiger partial charge in [-0.05, 0) is 74.2 Å². The van der Waals surface area contributed by atoms with Crippen molar-refractivity contribution >= 4 is 39.0 Å². The van der Waals surface area contributed by atoms with Gasteiger partial charge >= 0.3 is 6.18 Å². The molecule has 0 amide bonds. The number of nitrogens with zero attached hydrogens (tertiary/aromatic N) is 5. The summed E-state index contributed by atoms with van der Waals surface area (Å²) in [7, 11) is -3.97. The van der Waals surface area contributed by atoms with Crippen LogP contribution in [0.3, 0.4) is 0 Å². The van der Waals surface area contributed by atoms with Gasteiger partial charge in [-0.3, -0.25) is 4.79 Å². The van der Waals surface area contributed by atoms with E-state index in [9.17, 15) is 30.8 Å². The molecule has 0 spiro atoms. The zero-order valence-electron chi connectivity index (χ0n) is 26.6. The molecule has 2 aliphatic rings. The van der Waals surface area contributed by atoms with E-state index < -0.39 is 27.8 Å². The lowest BCUT2D eigenvalue weighted by Crippen LogP contribution is -2.47. The summed E-state index contributed by atoms with van der Waals surface area (Å²) in [4.78, 5) is 26.9. The highest BCUT2D eigenvalue weighted by Crippen LogP contribution is 2.33. The van der Waals surface area contributed by atoms with Gasteiger partial charge in [-0.25, -0.2) is 22.8 Å². The molecule has 0 radical (unpaired) electrons. The first kappa shape index (κ1) is 34.8. The van der Waals surface area contributed by atoms with E-state index in [2.05, 4.69) is 4.98 Å². The summed E-state index contributed by atoms with van der Waals surface area (Å²) in [6, 6.07) is 16.5. The van der Waals surface area contributed by atoms with Gasteiger partial charge in [0.1, 0.15) is 5.82 Å². The fourth-order valence-electron chi connectivity index (χ4n) is 6.22. The van der Waals surface area contributed by atoms with E-state index in [1.165, 1.54) is 34.6 Å². The van der Waals surface area contributed by atoms with Gasteiger partial charge in [0.05, 0.1) is 27.9 Å². The number of aromatic nitrogens is 2. The van der Waals surface area contributed by atoms with E-state index in [0.717, 1.165) is 17.7 Å². The normalized spacial score (nSPS) is 17.5. The van der Waals surface area contributed by atoms with Crippen molar-refractivity contribution in [3.63, 3.8) is 0 Å². The molecule has 49 heavy (non-hydrogen) atoms. The first-order valence-electron chi connectivity index (χ1n) is 15.9. The second kappa shape index (κ2) is 14.0. The molecule has 258 valence electrons. The Bertz CT molecular complexity index is 1950. The van der Waals surface area contributed by atoms with Crippen molar-refractivity contribution in [3.05, 3.63) is 100 Å². The smallest absolute Gasteiger partial charge is 0.366 e.